The van der Waals surface area contributed by atoms with E-state index < -0.39 is 0 Å². The van der Waals surface area contributed by atoms with E-state index in [0.717, 1.165) is 44.9 Å². The van der Waals surface area contributed by atoms with Crippen LogP contribution in [-0.2, 0) is 27.5 Å². The molecule has 2 aromatic rings. The van der Waals surface area contributed by atoms with Crippen LogP contribution in [0.3, 0.4) is 0 Å². The van der Waals surface area contributed by atoms with Crippen molar-refractivity contribution in [1.29, 1.82) is 0 Å². The number of ether oxygens (including phenoxy) is 2. The van der Waals surface area contributed by atoms with Crippen molar-refractivity contribution in [2.45, 2.75) is 84.2 Å². The molecular weight excluding hydrogens is 444 g/mol. The molecule has 36 heavy (non-hydrogen) atoms. The number of carbonyl (C=O) groups is 1. The van der Waals surface area contributed by atoms with Gasteiger partial charge in [0.15, 0.2) is 0 Å². The zero-order valence-corrected chi connectivity index (χ0v) is 21.8. The molecule has 3 fully saturated rings. The van der Waals surface area contributed by atoms with Crippen LogP contribution in [0.15, 0.2) is 72.3 Å². The number of hydrogen-bond donors (Lipinski definition) is 0. The second-order valence-electron chi connectivity index (χ2n) is 12.2. The number of benzene rings is 2. The van der Waals surface area contributed by atoms with Gasteiger partial charge in [-0.2, -0.15) is 0 Å². The summed E-state index contributed by atoms with van der Waals surface area (Å²) in [6.07, 6.45) is 9.90. The second kappa shape index (κ2) is 9.58. The van der Waals surface area contributed by atoms with Gasteiger partial charge in [0.1, 0.15) is 5.78 Å². The highest BCUT2D eigenvalue weighted by Crippen LogP contribution is 2.64. The lowest BCUT2D eigenvalue weighted by atomic mass is 9.47. The fraction of sp³-hybridized carbons (Fsp3) is 0.545. The molecule has 0 aromatic heterocycles. The molecule has 190 valence electrons. The third kappa shape index (κ3) is 4.09. The first-order chi connectivity index (χ1) is 17.5. The molecule has 0 aliphatic heterocycles. The predicted octanol–water partition coefficient (Wildman–Crippen LogP) is 7.30. The average molecular weight is 485 g/mol. The van der Waals surface area contributed by atoms with Gasteiger partial charge >= 0.3 is 0 Å². The Balaban J connectivity index is 1.27. The van der Waals surface area contributed by atoms with Crippen molar-refractivity contribution in [2.75, 3.05) is 0 Å². The number of hydrogen-bond acceptors (Lipinski definition) is 3. The highest BCUT2D eigenvalue weighted by molar-refractivity contribution is 5.87. The first-order valence-corrected chi connectivity index (χ1v) is 14.0. The smallest absolute Gasteiger partial charge is 0.139 e. The molecule has 0 saturated heterocycles. The van der Waals surface area contributed by atoms with E-state index in [9.17, 15) is 4.79 Å². The summed E-state index contributed by atoms with van der Waals surface area (Å²) in [5.74, 6) is 2.21. The van der Waals surface area contributed by atoms with E-state index >= 15 is 0 Å². The van der Waals surface area contributed by atoms with Gasteiger partial charge in [-0.1, -0.05) is 86.2 Å². The molecule has 0 radical (unpaired) electrons. The maximum absolute atomic E-state index is 12.9. The zero-order valence-electron chi connectivity index (χ0n) is 21.8. The van der Waals surface area contributed by atoms with Gasteiger partial charge in [0.2, 0.25) is 0 Å². The molecule has 3 saturated carbocycles. The first-order valence-electron chi connectivity index (χ1n) is 14.0. The molecular formula is C33H40O3. The van der Waals surface area contributed by atoms with Crippen LogP contribution in [0.2, 0.25) is 0 Å². The largest absolute Gasteiger partial charge is 0.373 e. The summed E-state index contributed by atoms with van der Waals surface area (Å²) in [6, 6.07) is 21.1. The van der Waals surface area contributed by atoms with Gasteiger partial charge in [-0.05, 0) is 61.0 Å². The van der Waals surface area contributed by atoms with Crippen LogP contribution in [0.5, 0.6) is 0 Å². The van der Waals surface area contributed by atoms with Gasteiger partial charge < -0.3 is 9.47 Å². The Hall–Kier alpha value is -2.23. The molecule has 0 bridgehead atoms. The average Bonchev–Trinajstić information content (AvgIpc) is 3.21. The maximum Gasteiger partial charge on any atom is 0.139 e. The summed E-state index contributed by atoms with van der Waals surface area (Å²) in [7, 11) is 0. The number of carbonyl (C=O) groups excluding carboxylic acids is 1. The van der Waals surface area contributed by atoms with Crippen LogP contribution in [0.25, 0.3) is 0 Å². The van der Waals surface area contributed by atoms with Crippen molar-refractivity contribution >= 4 is 5.78 Å². The predicted molar refractivity (Wildman–Crippen MR) is 142 cm³/mol. The number of rotatable bonds is 6. The highest BCUT2D eigenvalue weighted by atomic mass is 16.5. The van der Waals surface area contributed by atoms with Crippen LogP contribution in [-0.4, -0.2) is 18.0 Å². The molecule has 4 aliphatic carbocycles. The van der Waals surface area contributed by atoms with Crippen molar-refractivity contribution in [2.24, 2.45) is 28.6 Å². The lowest BCUT2D eigenvalue weighted by Crippen LogP contribution is -2.56. The van der Waals surface area contributed by atoms with Crippen LogP contribution in [0.4, 0.5) is 0 Å². The number of allylic oxidation sites excluding steroid dienone is 1. The number of ketones is 1. The fourth-order valence-corrected chi connectivity index (χ4v) is 8.36. The third-order valence-corrected chi connectivity index (χ3v) is 10.5. The molecule has 0 amide bonds. The molecule has 4 aliphatic rings. The maximum atomic E-state index is 12.9. The molecule has 7 atom stereocenters. The van der Waals surface area contributed by atoms with E-state index in [4.69, 9.17) is 9.47 Å². The van der Waals surface area contributed by atoms with E-state index in [1.807, 2.05) is 0 Å². The summed E-state index contributed by atoms with van der Waals surface area (Å²) in [6.45, 7) is 6.03. The highest BCUT2D eigenvalue weighted by Gasteiger charge is 2.61. The van der Waals surface area contributed by atoms with E-state index in [1.54, 1.807) is 5.57 Å². The van der Waals surface area contributed by atoms with E-state index in [1.165, 1.54) is 11.1 Å². The van der Waals surface area contributed by atoms with Crippen LogP contribution in [0.1, 0.15) is 69.9 Å². The summed E-state index contributed by atoms with van der Waals surface area (Å²) < 4.78 is 13.4. The Morgan fingerprint density at radius 2 is 1.53 bits per heavy atom. The quantitative estimate of drug-likeness (QED) is 0.404. The van der Waals surface area contributed by atoms with Gasteiger partial charge in [-0.25, -0.2) is 0 Å². The molecule has 2 unspecified atom stereocenters. The standard InChI is InChI=1S/C33H40O3/c1-32-18-17-29-27(28(32)15-16-30(32)34)14-13-25-19-26(35-21-23-9-5-3-6-10-23)20-31(33(25,29)2)36-22-24-11-7-4-8-12-24/h3-13,26-29,31H,14-22H2,1-2H3/t26?,27-,28-,29+,31?,32-,33-/m0/s1. The molecule has 3 heteroatoms. The third-order valence-electron chi connectivity index (χ3n) is 10.5. The van der Waals surface area contributed by atoms with Crippen molar-refractivity contribution in [1.82, 2.24) is 0 Å². The van der Waals surface area contributed by atoms with Crippen molar-refractivity contribution in [3.05, 3.63) is 83.4 Å². The second-order valence-corrected chi connectivity index (χ2v) is 12.2. The molecule has 3 nitrogen and oxygen atoms in total. The normalized spacial score (nSPS) is 37.6. The monoisotopic (exact) mass is 484 g/mol. The minimum absolute atomic E-state index is 0.0112. The van der Waals surface area contributed by atoms with Crippen molar-refractivity contribution in [3.8, 4) is 0 Å². The van der Waals surface area contributed by atoms with Crippen LogP contribution < -0.4 is 0 Å². The molecule has 0 N–H and O–H groups in total. The Morgan fingerprint density at radius 3 is 2.22 bits per heavy atom. The van der Waals surface area contributed by atoms with Gasteiger partial charge in [-0.3, -0.25) is 4.79 Å². The molecule has 0 spiro atoms. The van der Waals surface area contributed by atoms with Crippen molar-refractivity contribution in [3.63, 3.8) is 0 Å². The van der Waals surface area contributed by atoms with Crippen LogP contribution in [0, 0.1) is 28.6 Å². The molecule has 6 rings (SSSR count). The summed E-state index contributed by atoms with van der Waals surface area (Å²) >= 11 is 0. The van der Waals surface area contributed by atoms with Gasteiger partial charge in [0.05, 0.1) is 25.4 Å². The Morgan fingerprint density at radius 1 is 0.861 bits per heavy atom. The SMILES string of the molecule is C[C@]12CC[C@@H]3[C@@H](CC=C4CC(OCc5ccccc5)CC(OCc5ccccc5)[C@@]43C)[C@@H]1CCC2=O. The van der Waals surface area contributed by atoms with Gasteiger partial charge in [0, 0.05) is 23.7 Å². The van der Waals surface area contributed by atoms with E-state index in [0.29, 0.717) is 36.8 Å². The molecule has 0 heterocycles. The summed E-state index contributed by atoms with van der Waals surface area (Å²) in [5, 5.41) is 0. The Labute approximate surface area is 216 Å². The van der Waals surface area contributed by atoms with Crippen molar-refractivity contribution < 1.29 is 14.3 Å². The van der Waals surface area contributed by atoms with E-state index in [2.05, 4.69) is 80.6 Å². The van der Waals surface area contributed by atoms with Crippen LogP contribution >= 0.6 is 0 Å². The minimum Gasteiger partial charge on any atom is -0.373 e. The van der Waals surface area contributed by atoms with Gasteiger partial charge in [0.25, 0.3) is 0 Å². The summed E-state index contributed by atoms with van der Waals surface area (Å²) in [5.41, 5.74) is 3.90. The first kappa shape index (κ1) is 24.1. The van der Waals surface area contributed by atoms with E-state index in [-0.39, 0.29) is 23.0 Å². The lowest BCUT2D eigenvalue weighted by Gasteiger charge is -2.59. The molecule has 2 aromatic carbocycles. The lowest BCUT2D eigenvalue weighted by molar-refractivity contribution is -0.147. The van der Waals surface area contributed by atoms with Gasteiger partial charge in [-0.15, -0.1) is 0 Å². The topological polar surface area (TPSA) is 35.5 Å². The zero-order chi connectivity index (χ0) is 24.8. The minimum atomic E-state index is -0.0980. The summed E-state index contributed by atoms with van der Waals surface area (Å²) in [4.78, 5) is 12.9. The Kier molecular flexibility index (Phi) is 6.42. The number of fused-ring (bicyclic) bond motifs is 5. The number of Topliss-reactive ketones (excluding diaryl/α,β-unsaturated/α-hetero) is 1. The Bertz CT molecular complexity index is 1110. The fourth-order valence-electron chi connectivity index (χ4n) is 8.36.